The summed E-state index contributed by atoms with van der Waals surface area (Å²) in [5, 5.41) is 3.90. The van der Waals surface area contributed by atoms with Crippen LogP contribution in [0.3, 0.4) is 0 Å². The maximum absolute atomic E-state index is 6.02. The number of nitrogens with one attached hydrogen (secondary N) is 1. The van der Waals surface area contributed by atoms with E-state index in [0.29, 0.717) is 17.7 Å². The molecule has 0 aromatic rings. The predicted octanol–water partition coefficient (Wildman–Crippen LogP) is 3.04. The SMILES string of the molecule is CC(C)CC1CNC(C)(C2CC2)CN1CC1CCCCO1. The van der Waals surface area contributed by atoms with Crippen molar-refractivity contribution in [2.75, 3.05) is 26.2 Å². The van der Waals surface area contributed by atoms with Crippen LogP contribution in [0.2, 0.25) is 0 Å². The lowest BCUT2D eigenvalue weighted by molar-refractivity contribution is -0.0330. The molecule has 0 aromatic heterocycles. The van der Waals surface area contributed by atoms with E-state index in [1.807, 2.05) is 0 Å². The third-order valence-corrected chi connectivity index (χ3v) is 5.72. The molecule has 2 aliphatic heterocycles. The van der Waals surface area contributed by atoms with Gasteiger partial charge in [-0.25, -0.2) is 0 Å². The molecule has 3 rings (SSSR count). The summed E-state index contributed by atoms with van der Waals surface area (Å²) in [6.07, 6.45) is 8.51. The largest absolute Gasteiger partial charge is 0.377 e. The Kier molecular flexibility index (Phi) is 4.92. The van der Waals surface area contributed by atoms with E-state index < -0.39 is 0 Å². The van der Waals surface area contributed by atoms with E-state index in [-0.39, 0.29) is 0 Å². The Hall–Kier alpha value is -0.120. The number of ether oxygens (including phenoxy) is 1. The summed E-state index contributed by atoms with van der Waals surface area (Å²) in [4.78, 5) is 2.77. The van der Waals surface area contributed by atoms with Crippen molar-refractivity contribution in [3.05, 3.63) is 0 Å². The number of rotatable bonds is 5. The normalized spacial score (nSPS) is 38.9. The second kappa shape index (κ2) is 6.55. The van der Waals surface area contributed by atoms with E-state index in [1.54, 1.807) is 0 Å². The molecule has 1 N–H and O–H groups in total. The first kappa shape index (κ1) is 15.8. The van der Waals surface area contributed by atoms with Crippen LogP contribution in [-0.2, 0) is 4.74 Å². The summed E-state index contributed by atoms with van der Waals surface area (Å²) in [5.74, 6) is 1.68. The highest BCUT2D eigenvalue weighted by atomic mass is 16.5. The van der Waals surface area contributed by atoms with E-state index in [4.69, 9.17) is 4.74 Å². The van der Waals surface area contributed by atoms with Gasteiger partial charge in [0.05, 0.1) is 6.10 Å². The smallest absolute Gasteiger partial charge is 0.0702 e. The number of hydrogen-bond donors (Lipinski definition) is 1. The Bertz CT molecular complexity index is 336. The Morgan fingerprint density at radius 1 is 1.24 bits per heavy atom. The molecule has 1 saturated carbocycles. The van der Waals surface area contributed by atoms with E-state index in [1.165, 1.54) is 45.1 Å². The highest BCUT2D eigenvalue weighted by molar-refractivity contribution is 5.04. The molecule has 0 spiro atoms. The third-order valence-electron chi connectivity index (χ3n) is 5.72. The fourth-order valence-corrected chi connectivity index (χ4v) is 4.28. The Balaban J connectivity index is 1.63. The lowest BCUT2D eigenvalue weighted by Gasteiger charge is -2.48. The van der Waals surface area contributed by atoms with Gasteiger partial charge in [0.1, 0.15) is 0 Å². The van der Waals surface area contributed by atoms with Crippen LogP contribution in [0.4, 0.5) is 0 Å². The molecule has 3 aliphatic rings. The molecule has 2 heterocycles. The van der Waals surface area contributed by atoms with Crippen LogP contribution in [0.15, 0.2) is 0 Å². The Labute approximate surface area is 130 Å². The fraction of sp³-hybridized carbons (Fsp3) is 1.00. The minimum atomic E-state index is 0.349. The minimum Gasteiger partial charge on any atom is -0.377 e. The van der Waals surface area contributed by atoms with Gasteiger partial charge in [0.15, 0.2) is 0 Å². The molecule has 3 fully saturated rings. The van der Waals surface area contributed by atoms with E-state index in [0.717, 1.165) is 31.5 Å². The zero-order valence-electron chi connectivity index (χ0n) is 14.2. The van der Waals surface area contributed by atoms with Crippen LogP contribution < -0.4 is 5.32 Å². The summed E-state index contributed by atoms with van der Waals surface area (Å²) in [6.45, 7) is 11.7. The summed E-state index contributed by atoms with van der Waals surface area (Å²) < 4.78 is 6.02. The molecule has 122 valence electrons. The first-order chi connectivity index (χ1) is 10.1. The maximum atomic E-state index is 6.02. The zero-order chi connectivity index (χ0) is 14.9. The lowest BCUT2D eigenvalue weighted by Crippen LogP contribution is -2.65. The summed E-state index contributed by atoms with van der Waals surface area (Å²) in [5.41, 5.74) is 0.349. The van der Waals surface area contributed by atoms with E-state index in [9.17, 15) is 0 Å². The van der Waals surface area contributed by atoms with E-state index in [2.05, 4.69) is 31.0 Å². The molecule has 0 aromatic carbocycles. The molecular formula is C18H34N2O. The second-order valence-corrected chi connectivity index (χ2v) is 8.27. The van der Waals surface area contributed by atoms with Gasteiger partial charge >= 0.3 is 0 Å². The summed E-state index contributed by atoms with van der Waals surface area (Å²) >= 11 is 0. The molecule has 0 radical (unpaired) electrons. The maximum Gasteiger partial charge on any atom is 0.0702 e. The topological polar surface area (TPSA) is 24.5 Å². The highest BCUT2D eigenvalue weighted by Crippen LogP contribution is 2.41. The van der Waals surface area contributed by atoms with Crippen molar-refractivity contribution >= 4 is 0 Å². The quantitative estimate of drug-likeness (QED) is 0.843. The molecular weight excluding hydrogens is 260 g/mol. The van der Waals surface area contributed by atoms with Gasteiger partial charge in [0.25, 0.3) is 0 Å². The molecule has 3 nitrogen and oxygen atoms in total. The predicted molar refractivity (Wildman–Crippen MR) is 87.5 cm³/mol. The van der Waals surface area contributed by atoms with Gasteiger partial charge in [0.2, 0.25) is 0 Å². The molecule has 3 atom stereocenters. The van der Waals surface area contributed by atoms with Crippen molar-refractivity contribution in [3.63, 3.8) is 0 Å². The summed E-state index contributed by atoms with van der Waals surface area (Å²) in [6, 6.07) is 0.697. The van der Waals surface area contributed by atoms with Gasteiger partial charge in [-0.2, -0.15) is 0 Å². The van der Waals surface area contributed by atoms with Crippen LogP contribution in [0.25, 0.3) is 0 Å². The van der Waals surface area contributed by atoms with Gasteiger partial charge in [0, 0.05) is 37.8 Å². The Morgan fingerprint density at radius 2 is 2.05 bits per heavy atom. The average molecular weight is 294 g/mol. The number of nitrogens with zero attached hydrogens (tertiary/aromatic N) is 1. The highest BCUT2D eigenvalue weighted by Gasteiger charge is 2.46. The van der Waals surface area contributed by atoms with Gasteiger partial charge in [-0.3, -0.25) is 4.90 Å². The van der Waals surface area contributed by atoms with Crippen molar-refractivity contribution in [3.8, 4) is 0 Å². The molecule has 0 amide bonds. The zero-order valence-corrected chi connectivity index (χ0v) is 14.2. The second-order valence-electron chi connectivity index (χ2n) is 8.27. The molecule has 3 unspecified atom stereocenters. The van der Waals surface area contributed by atoms with Gasteiger partial charge in [-0.05, 0) is 57.3 Å². The molecule has 3 heteroatoms. The van der Waals surface area contributed by atoms with Gasteiger partial charge < -0.3 is 10.1 Å². The van der Waals surface area contributed by atoms with Crippen molar-refractivity contribution < 1.29 is 4.74 Å². The average Bonchev–Trinajstić information content (AvgIpc) is 3.28. The van der Waals surface area contributed by atoms with Crippen molar-refractivity contribution in [2.24, 2.45) is 11.8 Å². The molecule has 21 heavy (non-hydrogen) atoms. The van der Waals surface area contributed by atoms with Crippen molar-refractivity contribution in [1.29, 1.82) is 0 Å². The molecule has 1 aliphatic carbocycles. The lowest BCUT2D eigenvalue weighted by atomic mass is 9.88. The number of hydrogen-bond acceptors (Lipinski definition) is 3. The first-order valence-corrected chi connectivity index (χ1v) is 9.17. The standard InChI is InChI=1S/C18H34N2O/c1-14(2)10-16-11-19-18(3,15-7-8-15)13-20(16)12-17-6-4-5-9-21-17/h14-17,19H,4-13H2,1-3H3. The van der Waals surface area contributed by atoms with Crippen LogP contribution in [0, 0.1) is 11.8 Å². The van der Waals surface area contributed by atoms with Crippen LogP contribution in [0.5, 0.6) is 0 Å². The van der Waals surface area contributed by atoms with Gasteiger partial charge in [-0.1, -0.05) is 13.8 Å². The summed E-state index contributed by atoms with van der Waals surface area (Å²) in [7, 11) is 0. The van der Waals surface area contributed by atoms with Crippen LogP contribution >= 0.6 is 0 Å². The van der Waals surface area contributed by atoms with Crippen molar-refractivity contribution in [1.82, 2.24) is 10.2 Å². The Morgan fingerprint density at radius 3 is 2.67 bits per heavy atom. The van der Waals surface area contributed by atoms with Gasteiger partial charge in [-0.15, -0.1) is 0 Å². The van der Waals surface area contributed by atoms with Crippen LogP contribution in [-0.4, -0.2) is 48.8 Å². The first-order valence-electron chi connectivity index (χ1n) is 9.17. The monoisotopic (exact) mass is 294 g/mol. The fourth-order valence-electron chi connectivity index (χ4n) is 4.28. The van der Waals surface area contributed by atoms with Crippen molar-refractivity contribution in [2.45, 2.75) is 77.0 Å². The molecule has 0 bridgehead atoms. The van der Waals surface area contributed by atoms with Crippen LogP contribution in [0.1, 0.15) is 59.3 Å². The molecule has 2 saturated heterocycles. The third kappa shape index (κ3) is 4.00. The van der Waals surface area contributed by atoms with E-state index >= 15 is 0 Å². The minimum absolute atomic E-state index is 0.349. The number of piperazine rings is 1.